The fraction of sp³-hybridized carbons (Fsp3) is 0.125. The minimum absolute atomic E-state index is 0.209. The normalized spacial score (nSPS) is 15.3. The Labute approximate surface area is 122 Å². The Balaban J connectivity index is 2.14. The maximum Gasteiger partial charge on any atom is 0.275 e. The molecule has 2 aromatic rings. The van der Waals surface area contributed by atoms with Gasteiger partial charge in [0, 0.05) is 5.56 Å². The molecule has 2 aromatic carbocycles. The van der Waals surface area contributed by atoms with Gasteiger partial charge in [0.25, 0.3) is 5.91 Å². The molecule has 1 aliphatic rings. The molecular weight excluding hydrogens is 272 g/mol. The van der Waals surface area contributed by atoms with Gasteiger partial charge in [-0.1, -0.05) is 48.9 Å². The van der Waals surface area contributed by atoms with E-state index in [2.05, 4.69) is 17.2 Å². The highest BCUT2D eigenvalue weighted by atomic mass is 35.5. The van der Waals surface area contributed by atoms with Crippen LogP contribution in [0.15, 0.2) is 47.5 Å². The summed E-state index contributed by atoms with van der Waals surface area (Å²) < 4.78 is 0. The van der Waals surface area contributed by atoms with Crippen LogP contribution in [0.3, 0.4) is 0 Å². The van der Waals surface area contributed by atoms with Gasteiger partial charge in [-0.15, -0.1) is 0 Å². The molecular formula is C16H13ClN2O. The topological polar surface area (TPSA) is 41.5 Å². The zero-order valence-electron chi connectivity index (χ0n) is 11.0. The maximum atomic E-state index is 12.1. The van der Waals surface area contributed by atoms with Crippen molar-refractivity contribution in [2.45, 2.75) is 13.3 Å². The third-order valence-electron chi connectivity index (χ3n) is 3.33. The van der Waals surface area contributed by atoms with E-state index >= 15 is 0 Å². The van der Waals surface area contributed by atoms with Crippen LogP contribution in [0.5, 0.6) is 0 Å². The molecule has 1 aliphatic heterocycles. The number of rotatable bonds is 2. The van der Waals surface area contributed by atoms with E-state index in [1.807, 2.05) is 36.4 Å². The van der Waals surface area contributed by atoms with Crippen molar-refractivity contribution in [1.82, 2.24) is 0 Å². The van der Waals surface area contributed by atoms with E-state index in [-0.39, 0.29) is 5.91 Å². The summed E-state index contributed by atoms with van der Waals surface area (Å²) in [6.07, 6.45) is 0.872. The number of carbonyl (C=O) groups excluding carboxylic acids is 1. The fourth-order valence-corrected chi connectivity index (χ4v) is 2.52. The molecule has 3 nitrogen and oxygen atoms in total. The number of nitrogens with one attached hydrogen (secondary N) is 1. The summed E-state index contributed by atoms with van der Waals surface area (Å²) in [5, 5.41) is 3.30. The van der Waals surface area contributed by atoms with Crippen LogP contribution in [0.4, 0.5) is 11.4 Å². The first-order valence-corrected chi connectivity index (χ1v) is 6.85. The first-order valence-electron chi connectivity index (χ1n) is 6.47. The Morgan fingerprint density at radius 1 is 1.15 bits per heavy atom. The summed E-state index contributed by atoms with van der Waals surface area (Å²) in [5.74, 6) is -0.209. The number of hydrogen-bond acceptors (Lipinski definition) is 2. The largest absolute Gasteiger partial charge is 0.319 e. The van der Waals surface area contributed by atoms with Crippen molar-refractivity contribution in [3.63, 3.8) is 0 Å². The Morgan fingerprint density at radius 2 is 1.95 bits per heavy atom. The first-order chi connectivity index (χ1) is 9.70. The van der Waals surface area contributed by atoms with Gasteiger partial charge in [0.1, 0.15) is 5.71 Å². The molecule has 0 unspecified atom stereocenters. The maximum absolute atomic E-state index is 12.1. The third kappa shape index (κ3) is 2.10. The molecule has 3 rings (SSSR count). The van der Waals surface area contributed by atoms with Crippen LogP contribution in [-0.2, 0) is 11.2 Å². The van der Waals surface area contributed by atoms with E-state index < -0.39 is 0 Å². The van der Waals surface area contributed by atoms with E-state index in [1.165, 1.54) is 0 Å². The van der Waals surface area contributed by atoms with Gasteiger partial charge >= 0.3 is 0 Å². The number of aryl methyl sites for hydroxylation is 1. The Hall–Kier alpha value is -2.13. The van der Waals surface area contributed by atoms with Gasteiger partial charge in [0.2, 0.25) is 0 Å². The summed E-state index contributed by atoms with van der Waals surface area (Å²) in [7, 11) is 0. The molecule has 0 bridgehead atoms. The highest BCUT2D eigenvalue weighted by molar-refractivity contribution is 6.55. The second-order valence-electron chi connectivity index (χ2n) is 4.56. The fourth-order valence-electron chi connectivity index (χ4n) is 2.29. The number of halogens is 1. The van der Waals surface area contributed by atoms with Crippen LogP contribution < -0.4 is 5.32 Å². The molecule has 0 saturated carbocycles. The van der Waals surface area contributed by atoms with E-state index in [9.17, 15) is 4.79 Å². The molecule has 0 atom stereocenters. The highest BCUT2D eigenvalue weighted by Gasteiger charge is 2.27. The number of para-hydroxylation sites is 2. The van der Waals surface area contributed by atoms with Crippen molar-refractivity contribution in [2.24, 2.45) is 4.99 Å². The highest BCUT2D eigenvalue weighted by Crippen LogP contribution is 2.32. The van der Waals surface area contributed by atoms with Crippen LogP contribution in [0, 0.1) is 0 Å². The second-order valence-corrected chi connectivity index (χ2v) is 4.97. The first kappa shape index (κ1) is 12.9. The van der Waals surface area contributed by atoms with E-state index in [1.54, 1.807) is 6.07 Å². The molecule has 0 fully saturated rings. The van der Waals surface area contributed by atoms with Gasteiger partial charge in [-0.05, 0) is 24.1 Å². The van der Waals surface area contributed by atoms with Crippen molar-refractivity contribution < 1.29 is 4.79 Å². The average Bonchev–Trinajstić information content (AvgIpc) is 2.78. The molecule has 4 heteroatoms. The molecule has 0 aromatic heterocycles. The molecule has 0 saturated heterocycles. The molecule has 0 radical (unpaired) electrons. The van der Waals surface area contributed by atoms with E-state index in [4.69, 9.17) is 11.6 Å². The Kier molecular flexibility index (Phi) is 3.28. The molecule has 0 spiro atoms. The number of anilines is 1. The molecule has 0 aliphatic carbocycles. The van der Waals surface area contributed by atoms with E-state index in [0.717, 1.165) is 23.2 Å². The quantitative estimate of drug-likeness (QED) is 0.890. The van der Waals surface area contributed by atoms with Crippen LogP contribution in [0.2, 0.25) is 5.02 Å². The summed E-state index contributed by atoms with van der Waals surface area (Å²) in [4.78, 5) is 16.6. The van der Waals surface area contributed by atoms with Gasteiger partial charge < -0.3 is 5.32 Å². The average molecular weight is 285 g/mol. The molecule has 100 valence electrons. The smallest absolute Gasteiger partial charge is 0.275 e. The Bertz CT molecular complexity index is 722. The number of amides is 1. The van der Waals surface area contributed by atoms with Crippen molar-refractivity contribution >= 4 is 34.6 Å². The Morgan fingerprint density at radius 3 is 2.75 bits per heavy atom. The van der Waals surface area contributed by atoms with E-state index in [0.29, 0.717) is 16.4 Å². The van der Waals surface area contributed by atoms with Crippen LogP contribution in [0.1, 0.15) is 18.1 Å². The van der Waals surface area contributed by atoms with Crippen molar-refractivity contribution in [3.05, 3.63) is 58.6 Å². The number of carbonyl (C=O) groups is 1. The minimum atomic E-state index is -0.209. The van der Waals surface area contributed by atoms with Gasteiger partial charge in [-0.2, -0.15) is 0 Å². The van der Waals surface area contributed by atoms with Gasteiger partial charge in [-0.25, -0.2) is 4.99 Å². The lowest BCUT2D eigenvalue weighted by molar-refractivity contribution is -0.110. The van der Waals surface area contributed by atoms with Crippen LogP contribution >= 0.6 is 11.6 Å². The summed E-state index contributed by atoms with van der Waals surface area (Å²) in [5.41, 5.74) is 3.76. The van der Waals surface area contributed by atoms with Gasteiger partial charge in [0.15, 0.2) is 0 Å². The standard InChI is InChI=1S/C16H13ClN2O/c1-2-10-6-3-4-9-13(10)18-15-11-7-5-8-12(17)14(11)19-16(15)20/h3-9H,2H2,1H3,(H,18,19,20). The molecule has 1 amide bonds. The van der Waals surface area contributed by atoms with Gasteiger partial charge in [0.05, 0.1) is 16.4 Å². The number of aliphatic imine (C=N–C) groups is 1. The minimum Gasteiger partial charge on any atom is -0.319 e. The number of nitrogens with zero attached hydrogens (tertiary/aromatic N) is 1. The predicted octanol–water partition coefficient (Wildman–Crippen LogP) is 3.98. The summed E-state index contributed by atoms with van der Waals surface area (Å²) >= 11 is 6.09. The van der Waals surface area contributed by atoms with Crippen LogP contribution in [0.25, 0.3) is 0 Å². The lowest BCUT2D eigenvalue weighted by Gasteiger charge is -2.03. The number of fused-ring (bicyclic) bond motifs is 1. The zero-order chi connectivity index (χ0) is 14.1. The zero-order valence-corrected chi connectivity index (χ0v) is 11.7. The lowest BCUT2D eigenvalue weighted by atomic mass is 10.1. The summed E-state index contributed by atoms with van der Waals surface area (Å²) in [6, 6.07) is 13.3. The van der Waals surface area contributed by atoms with Crippen molar-refractivity contribution in [3.8, 4) is 0 Å². The van der Waals surface area contributed by atoms with Gasteiger partial charge in [-0.3, -0.25) is 4.79 Å². The molecule has 1 heterocycles. The number of hydrogen-bond donors (Lipinski definition) is 1. The van der Waals surface area contributed by atoms with Crippen molar-refractivity contribution in [2.75, 3.05) is 5.32 Å². The lowest BCUT2D eigenvalue weighted by Crippen LogP contribution is -2.14. The second kappa shape index (κ2) is 5.10. The van der Waals surface area contributed by atoms with Crippen LogP contribution in [-0.4, -0.2) is 11.6 Å². The van der Waals surface area contributed by atoms with Crippen molar-refractivity contribution in [1.29, 1.82) is 0 Å². The third-order valence-corrected chi connectivity index (χ3v) is 3.64. The number of benzene rings is 2. The molecule has 20 heavy (non-hydrogen) atoms. The predicted molar refractivity (Wildman–Crippen MR) is 82.1 cm³/mol. The summed E-state index contributed by atoms with van der Waals surface area (Å²) in [6.45, 7) is 2.07. The molecule has 1 N–H and O–H groups in total. The monoisotopic (exact) mass is 284 g/mol. The SMILES string of the molecule is CCc1ccccc1N=C1C(=O)Nc2c(Cl)cccc21.